The van der Waals surface area contributed by atoms with Gasteiger partial charge in [0.15, 0.2) is 5.84 Å². The van der Waals surface area contributed by atoms with Crippen LogP contribution in [-0.2, 0) is 0 Å². The van der Waals surface area contributed by atoms with E-state index < -0.39 is 0 Å². The average molecular weight is 720 g/mol. The summed E-state index contributed by atoms with van der Waals surface area (Å²) >= 11 is 0. The standard InChI is InChI=1S/C53H41N3/c1-4-17-39-20-15-28-45(44(39)5-2)52-48-26-12-10-24-46(48)51(47-25-11-13-27-49(47)52)41-21-14-22-42(34-41)53(56-50(6-3)40-18-8-7-9-19-40)55-35-37-29-31-38(32-30-37)43-23-16-33-54-36-43/h4-36H,2H2,1,3H3/b17-4-,50-6-,55-35+,56-53-. The Bertz CT molecular complexity index is 2750. The zero-order valence-corrected chi connectivity index (χ0v) is 31.6. The Morgan fingerprint density at radius 1 is 0.589 bits per heavy atom. The summed E-state index contributed by atoms with van der Waals surface area (Å²) in [5.74, 6) is 0.627. The van der Waals surface area contributed by atoms with Crippen molar-refractivity contribution in [2.75, 3.05) is 0 Å². The molecule has 1 heterocycles. The van der Waals surface area contributed by atoms with E-state index in [9.17, 15) is 0 Å². The fourth-order valence-corrected chi connectivity index (χ4v) is 7.51. The van der Waals surface area contributed by atoms with Gasteiger partial charge in [0.1, 0.15) is 0 Å². The van der Waals surface area contributed by atoms with Crippen LogP contribution in [0, 0.1) is 0 Å². The fraction of sp³-hybridized carbons (Fsp3) is 0.0377. The van der Waals surface area contributed by atoms with Crippen molar-refractivity contribution in [1.82, 2.24) is 4.98 Å². The molecule has 0 radical (unpaired) electrons. The highest BCUT2D eigenvalue weighted by atomic mass is 14.9. The number of pyridine rings is 1. The van der Waals surface area contributed by atoms with Gasteiger partial charge in [-0.15, -0.1) is 0 Å². The first-order valence-electron chi connectivity index (χ1n) is 18.9. The number of rotatable bonds is 9. The maximum absolute atomic E-state index is 5.23. The molecule has 0 amide bonds. The van der Waals surface area contributed by atoms with E-state index >= 15 is 0 Å². The van der Waals surface area contributed by atoms with Gasteiger partial charge in [0.2, 0.25) is 0 Å². The van der Waals surface area contributed by atoms with Gasteiger partial charge < -0.3 is 0 Å². The minimum absolute atomic E-state index is 0.627. The number of hydrogen-bond donors (Lipinski definition) is 0. The lowest BCUT2D eigenvalue weighted by Gasteiger charge is -2.20. The molecule has 0 saturated carbocycles. The lowest BCUT2D eigenvalue weighted by atomic mass is 9.83. The highest BCUT2D eigenvalue weighted by Gasteiger charge is 2.19. The highest BCUT2D eigenvalue weighted by Crippen LogP contribution is 2.45. The molecule has 0 bridgehead atoms. The molecule has 8 rings (SSSR count). The zero-order valence-electron chi connectivity index (χ0n) is 31.6. The molecule has 0 fully saturated rings. The summed E-state index contributed by atoms with van der Waals surface area (Å²) in [5, 5.41) is 4.74. The second-order valence-electron chi connectivity index (χ2n) is 13.5. The van der Waals surface area contributed by atoms with Crippen molar-refractivity contribution in [2.24, 2.45) is 9.98 Å². The average Bonchev–Trinajstić information content (AvgIpc) is 3.26. The number of benzene rings is 7. The second kappa shape index (κ2) is 16.4. The van der Waals surface area contributed by atoms with Crippen LogP contribution in [0.4, 0.5) is 0 Å². The number of amidine groups is 1. The minimum Gasteiger partial charge on any atom is -0.264 e. The number of aliphatic imine (C=N–C) groups is 2. The van der Waals surface area contributed by atoms with Crippen LogP contribution >= 0.6 is 0 Å². The van der Waals surface area contributed by atoms with Gasteiger partial charge in [-0.1, -0.05) is 176 Å². The van der Waals surface area contributed by atoms with Crippen LogP contribution in [0.1, 0.15) is 41.7 Å². The van der Waals surface area contributed by atoms with Gasteiger partial charge in [0.05, 0.1) is 5.70 Å². The molecule has 1 aromatic heterocycles. The third kappa shape index (κ3) is 7.19. The van der Waals surface area contributed by atoms with Crippen LogP contribution < -0.4 is 0 Å². The number of allylic oxidation sites excluding steroid dienone is 2. The van der Waals surface area contributed by atoms with Crippen molar-refractivity contribution in [1.29, 1.82) is 0 Å². The Labute approximate surface area is 329 Å². The van der Waals surface area contributed by atoms with Crippen LogP contribution in [-0.4, -0.2) is 17.0 Å². The van der Waals surface area contributed by atoms with E-state index in [0.717, 1.165) is 50.2 Å². The van der Waals surface area contributed by atoms with E-state index in [-0.39, 0.29) is 0 Å². The Morgan fingerprint density at radius 2 is 1.23 bits per heavy atom. The summed E-state index contributed by atoms with van der Waals surface area (Å²) < 4.78 is 0. The predicted molar refractivity (Wildman–Crippen MR) is 241 cm³/mol. The van der Waals surface area contributed by atoms with Crippen molar-refractivity contribution in [3.05, 3.63) is 217 Å². The normalized spacial score (nSPS) is 12.2. The number of fused-ring (bicyclic) bond motifs is 2. The molecule has 7 aromatic carbocycles. The Hall–Kier alpha value is -7.23. The molecular formula is C53H41N3. The van der Waals surface area contributed by atoms with E-state index in [2.05, 4.69) is 164 Å². The highest BCUT2D eigenvalue weighted by molar-refractivity contribution is 6.22. The van der Waals surface area contributed by atoms with E-state index in [1.165, 1.54) is 38.2 Å². The molecule has 0 saturated heterocycles. The summed E-state index contributed by atoms with van der Waals surface area (Å²) in [6.45, 7) is 8.32. The number of nitrogens with zero attached hydrogens (tertiary/aromatic N) is 3. The van der Waals surface area contributed by atoms with Crippen LogP contribution in [0.3, 0.4) is 0 Å². The second-order valence-corrected chi connectivity index (χ2v) is 13.5. The monoisotopic (exact) mass is 719 g/mol. The summed E-state index contributed by atoms with van der Waals surface area (Å²) in [5.41, 5.74) is 12.9. The first kappa shape index (κ1) is 35.8. The van der Waals surface area contributed by atoms with E-state index in [1.807, 2.05) is 55.8 Å². The number of aromatic nitrogens is 1. The maximum Gasteiger partial charge on any atom is 0.159 e. The molecule has 0 N–H and O–H groups in total. The molecule has 0 spiro atoms. The van der Waals surface area contributed by atoms with Crippen LogP contribution in [0.25, 0.3) is 72.8 Å². The van der Waals surface area contributed by atoms with Crippen molar-refractivity contribution < 1.29 is 0 Å². The molecular weight excluding hydrogens is 679 g/mol. The van der Waals surface area contributed by atoms with Crippen molar-refractivity contribution in [3.63, 3.8) is 0 Å². The van der Waals surface area contributed by atoms with E-state index in [0.29, 0.717) is 5.84 Å². The largest absolute Gasteiger partial charge is 0.264 e. The minimum atomic E-state index is 0.627. The molecule has 0 aliphatic carbocycles. The third-order valence-electron chi connectivity index (χ3n) is 10.1. The SMILES string of the molecule is C=Cc1c(/C=C\C)cccc1-c1c2ccccc2c(-c2cccc(C(=N/C(=C\C)c3ccccc3)/N=C/c3ccc(-c4cccnc4)cc3)c2)c2ccccc12. The maximum atomic E-state index is 5.23. The van der Waals surface area contributed by atoms with Crippen molar-refractivity contribution in [3.8, 4) is 33.4 Å². The molecule has 0 aliphatic heterocycles. The van der Waals surface area contributed by atoms with Gasteiger partial charge in [0.25, 0.3) is 0 Å². The first-order chi connectivity index (χ1) is 27.7. The van der Waals surface area contributed by atoms with Crippen LogP contribution in [0.15, 0.2) is 199 Å². The lowest BCUT2D eigenvalue weighted by Crippen LogP contribution is -2.01. The summed E-state index contributed by atoms with van der Waals surface area (Å²) in [6.07, 6.45) is 13.8. The van der Waals surface area contributed by atoms with Gasteiger partial charge >= 0.3 is 0 Å². The van der Waals surface area contributed by atoms with Crippen LogP contribution in [0.2, 0.25) is 0 Å². The molecule has 3 nitrogen and oxygen atoms in total. The molecule has 0 atom stereocenters. The Morgan fingerprint density at radius 3 is 1.88 bits per heavy atom. The van der Waals surface area contributed by atoms with Gasteiger partial charge in [-0.05, 0) is 103 Å². The predicted octanol–water partition coefficient (Wildman–Crippen LogP) is 14.0. The molecule has 268 valence electrons. The van der Waals surface area contributed by atoms with Gasteiger partial charge in [-0.25, -0.2) is 9.98 Å². The van der Waals surface area contributed by atoms with Gasteiger partial charge in [0, 0.05) is 24.2 Å². The van der Waals surface area contributed by atoms with Crippen LogP contribution in [0.5, 0.6) is 0 Å². The Kier molecular flexibility index (Phi) is 10.5. The summed E-state index contributed by atoms with van der Waals surface area (Å²) in [4.78, 5) is 14.6. The van der Waals surface area contributed by atoms with Gasteiger partial charge in [-0.3, -0.25) is 4.98 Å². The topological polar surface area (TPSA) is 37.6 Å². The quantitative estimate of drug-likeness (QED) is 0.0831. The fourth-order valence-electron chi connectivity index (χ4n) is 7.51. The van der Waals surface area contributed by atoms with Gasteiger partial charge in [-0.2, -0.15) is 0 Å². The third-order valence-corrected chi connectivity index (χ3v) is 10.1. The Balaban J connectivity index is 1.29. The van der Waals surface area contributed by atoms with E-state index in [1.54, 1.807) is 6.20 Å². The zero-order chi connectivity index (χ0) is 38.3. The summed E-state index contributed by atoms with van der Waals surface area (Å²) in [6, 6.07) is 55.3. The molecule has 0 aliphatic rings. The molecule has 0 unspecified atom stereocenters. The van der Waals surface area contributed by atoms with Crippen molar-refractivity contribution >= 4 is 51.4 Å². The molecule has 3 heteroatoms. The van der Waals surface area contributed by atoms with Crippen molar-refractivity contribution in [2.45, 2.75) is 13.8 Å². The first-order valence-corrected chi connectivity index (χ1v) is 18.9. The summed E-state index contributed by atoms with van der Waals surface area (Å²) in [7, 11) is 0. The number of hydrogen-bond acceptors (Lipinski definition) is 2. The van der Waals surface area contributed by atoms with E-state index in [4.69, 9.17) is 9.98 Å². The molecule has 56 heavy (non-hydrogen) atoms. The lowest BCUT2D eigenvalue weighted by molar-refractivity contribution is 1.33. The molecule has 8 aromatic rings. The smallest absolute Gasteiger partial charge is 0.159 e.